The van der Waals surface area contributed by atoms with E-state index in [1.165, 1.54) is 6.07 Å². The van der Waals surface area contributed by atoms with Crippen LogP contribution in [-0.4, -0.2) is 21.5 Å². The number of sulfonamides is 1. The Morgan fingerprint density at radius 1 is 1.10 bits per heavy atom. The van der Waals surface area contributed by atoms with E-state index >= 15 is 0 Å². The normalized spacial score (nSPS) is 11.6. The minimum absolute atomic E-state index is 0.00740. The molecule has 1 rings (SSSR count). The maximum atomic E-state index is 11.5. The standard InChI is InChI=1S/C14H25N3O2S/c1-3-5-10-17(11-6-4-2)12-8-7-9-13(14(12)15)20(16,18)19/h7-9H,3-6,10-11,15H2,1-2H3,(H2,16,18,19). The second kappa shape index (κ2) is 7.50. The zero-order valence-corrected chi connectivity index (χ0v) is 13.1. The van der Waals surface area contributed by atoms with E-state index in [-0.39, 0.29) is 10.6 Å². The number of hydrogen-bond donors (Lipinski definition) is 2. The molecule has 20 heavy (non-hydrogen) atoms. The smallest absolute Gasteiger partial charge is 0.240 e. The molecule has 0 aliphatic rings. The second-order valence-electron chi connectivity index (χ2n) is 4.93. The van der Waals surface area contributed by atoms with Crippen LogP contribution in [-0.2, 0) is 10.0 Å². The van der Waals surface area contributed by atoms with Crippen molar-refractivity contribution in [2.75, 3.05) is 23.7 Å². The Labute approximate surface area is 122 Å². The van der Waals surface area contributed by atoms with Crippen LogP contribution in [0.25, 0.3) is 0 Å². The summed E-state index contributed by atoms with van der Waals surface area (Å²) in [5.41, 5.74) is 7.03. The summed E-state index contributed by atoms with van der Waals surface area (Å²) in [6, 6.07) is 5.00. The van der Waals surface area contributed by atoms with Gasteiger partial charge in [0.05, 0.1) is 11.4 Å². The molecule has 0 unspecified atom stereocenters. The summed E-state index contributed by atoms with van der Waals surface area (Å²) >= 11 is 0. The topological polar surface area (TPSA) is 89.4 Å². The Balaban J connectivity index is 3.12. The molecule has 0 amide bonds. The maximum absolute atomic E-state index is 11.5. The molecule has 0 aliphatic carbocycles. The molecule has 0 radical (unpaired) electrons. The fourth-order valence-electron chi connectivity index (χ4n) is 2.11. The molecule has 1 aromatic rings. The first kappa shape index (κ1) is 16.8. The van der Waals surface area contributed by atoms with Crippen LogP contribution in [0.1, 0.15) is 39.5 Å². The van der Waals surface area contributed by atoms with Crippen LogP contribution in [0, 0.1) is 0 Å². The highest BCUT2D eigenvalue weighted by Crippen LogP contribution is 2.29. The first-order valence-corrected chi connectivity index (χ1v) is 8.62. The van der Waals surface area contributed by atoms with Gasteiger partial charge in [0.2, 0.25) is 10.0 Å². The third-order valence-corrected chi connectivity index (χ3v) is 4.22. The Kier molecular flexibility index (Phi) is 6.29. The van der Waals surface area contributed by atoms with Crippen molar-refractivity contribution in [3.8, 4) is 0 Å². The van der Waals surface area contributed by atoms with Crippen molar-refractivity contribution in [1.29, 1.82) is 0 Å². The van der Waals surface area contributed by atoms with Crippen molar-refractivity contribution in [1.82, 2.24) is 0 Å². The molecule has 5 nitrogen and oxygen atoms in total. The van der Waals surface area contributed by atoms with E-state index in [2.05, 4.69) is 18.7 Å². The molecule has 0 spiro atoms. The molecule has 0 saturated heterocycles. The van der Waals surface area contributed by atoms with Crippen molar-refractivity contribution >= 4 is 21.4 Å². The highest BCUT2D eigenvalue weighted by molar-refractivity contribution is 7.89. The lowest BCUT2D eigenvalue weighted by Crippen LogP contribution is -2.27. The van der Waals surface area contributed by atoms with Gasteiger partial charge in [0.15, 0.2) is 0 Å². The molecule has 0 heterocycles. The molecule has 0 saturated carbocycles. The monoisotopic (exact) mass is 299 g/mol. The lowest BCUT2D eigenvalue weighted by atomic mass is 10.2. The molecule has 0 fully saturated rings. The summed E-state index contributed by atoms with van der Waals surface area (Å²) in [4.78, 5) is 2.16. The summed E-state index contributed by atoms with van der Waals surface area (Å²) in [5.74, 6) is 0. The van der Waals surface area contributed by atoms with E-state index in [4.69, 9.17) is 10.9 Å². The third-order valence-electron chi connectivity index (χ3n) is 3.25. The minimum atomic E-state index is -3.78. The molecule has 0 aromatic heterocycles. The van der Waals surface area contributed by atoms with Gasteiger partial charge in [-0.15, -0.1) is 0 Å². The zero-order chi connectivity index (χ0) is 15.2. The van der Waals surface area contributed by atoms with Crippen molar-refractivity contribution < 1.29 is 8.42 Å². The molecule has 1 aromatic carbocycles. The average molecular weight is 299 g/mol. The molecule has 6 heteroatoms. The van der Waals surface area contributed by atoms with E-state index in [0.29, 0.717) is 0 Å². The maximum Gasteiger partial charge on any atom is 0.240 e. The van der Waals surface area contributed by atoms with E-state index < -0.39 is 10.0 Å². The number of para-hydroxylation sites is 1. The van der Waals surface area contributed by atoms with Gasteiger partial charge in [-0.3, -0.25) is 0 Å². The van der Waals surface area contributed by atoms with Crippen LogP contribution in [0.5, 0.6) is 0 Å². The van der Waals surface area contributed by atoms with Crippen molar-refractivity contribution in [3.63, 3.8) is 0 Å². The van der Waals surface area contributed by atoms with Gasteiger partial charge in [-0.2, -0.15) is 0 Å². The lowest BCUT2D eigenvalue weighted by molar-refractivity contribution is 0.598. The summed E-state index contributed by atoms with van der Waals surface area (Å²) in [7, 11) is -3.78. The summed E-state index contributed by atoms with van der Waals surface area (Å²) in [5, 5.41) is 5.20. The first-order chi connectivity index (χ1) is 9.41. The SMILES string of the molecule is CCCCN(CCCC)c1cccc(S(N)(=O)=O)c1N. The first-order valence-electron chi connectivity index (χ1n) is 7.08. The van der Waals surface area contributed by atoms with Crippen LogP contribution in [0.3, 0.4) is 0 Å². The van der Waals surface area contributed by atoms with Gasteiger partial charge in [0, 0.05) is 13.1 Å². The van der Waals surface area contributed by atoms with Crippen molar-refractivity contribution in [3.05, 3.63) is 18.2 Å². The third kappa shape index (κ3) is 4.38. The van der Waals surface area contributed by atoms with E-state index in [1.54, 1.807) is 6.07 Å². The lowest BCUT2D eigenvalue weighted by Gasteiger charge is -2.26. The number of nitrogens with two attached hydrogens (primary N) is 2. The Morgan fingerprint density at radius 2 is 1.65 bits per heavy atom. The summed E-state index contributed by atoms with van der Waals surface area (Å²) in [6.45, 7) is 5.99. The van der Waals surface area contributed by atoms with E-state index in [1.807, 2.05) is 6.07 Å². The molecule has 0 atom stereocenters. The van der Waals surface area contributed by atoms with Gasteiger partial charge in [-0.1, -0.05) is 32.8 Å². The van der Waals surface area contributed by atoms with Crippen molar-refractivity contribution in [2.24, 2.45) is 5.14 Å². The van der Waals surface area contributed by atoms with Crippen molar-refractivity contribution in [2.45, 2.75) is 44.4 Å². The molecule has 0 bridgehead atoms. The number of anilines is 2. The number of rotatable bonds is 8. The summed E-state index contributed by atoms with van der Waals surface area (Å²) in [6.07, 6.45) is 4.25. The largest absolute Gasteiger partial charge is 0.396 e. The number of benzene rings is 1. The molecular formula is C14H25N3O2S. The van der Waals surface area contributed by atoms with Crippen LogP contribution in [0.4, 0.5) is 11.4 Å². The fourth-order valence-corrected chi connectivity index (χ4v) is 2.79. The van der Waals surface area contributed by atoms with Crippen LogP contribution in [0.2, 0.25) is 0 Å². The molecule has 4 N–H and O–H groups in total. The number of primary sulfonamides is 1. The number of nitrogens with zero attached hydrogens (tertiary/aromatic N) is 1. The quantitative estimate of drug-likeness (QED) is 0.721. The van der Waals surface area contributed by atoms with Crippen LogP contribution < -0.4 is 15.8 Å². The average Bonchev–Trinajstić information content (AvgIpc) is 2.38. The van der Waals surface area contributed by atoms with Gasteiger partial charge < -0.3 is 10.6 Å². The molecular weight excluding hydrogens is 274 g/mol. The van der Waals surface area contributed by atoms with Crippen LogP contribution in [0.15, 0.2) is 23.1 Å². The van der Waals surface area contributed by atoms with Gasteiger partial charge >= 0.3 is 0 Å². The highest BCUT2D eigenvalue weighted by atomic mass is 32.2. The van der Waals surface area contributed by atoms with E-state index in [0.717, 1.165) is 44.5 Å². The minimum Gasteiger partial charge on any atom is -0.396 e. The van der Waals surface area contributed by atoms with Gasteiger partial charge in [0.1, 0.15) is 4.90 Å². The predicted octanol–water partition coefficient (Wildman–Crippen LogP) is 2.32. The Hall–Kier alpha value is -1.27. The van der Waals surface area contributed by atoms with E-state index in [9.17, 15) is 8.42 Å². The number of unbranched alkanes of at least 4 members (excludes halogenated alkanes) is 2. The van der Waals surface area contributed by atoms with Crippen LogP contribution >= 0.6 is 0 Å². The molecule has 0 aliphatic heterocycles. The highest BCUT2D eigenvalue weighted by Gasteiger charge is 2.17. The summed E-state index contributed by atoms with van der Waals surface area (Å²) < 4.78 is 23.1. The Morgan fingerprint density at radius 3 is 2.10 bits per heavy atom. The molecule has 114 valence electrons. The zero-order valence-electron chi connectivity index (χ0n) is 12.3. The number of nitrogen functional groups attached to an aromatic ring is 1. The van der Waals surface area contributed by atoms with Gasteiger partial charge in [-0.05, 0) is 25.0 Å². The fraction of sp³-hybridized carbons (Fsp3) is 0.571. The van der Waals surface area contributed by atoms with Gasteiger partial charge in [0.25, 0.3) is 0 Å². The number of hydrogen-bond acceptors (Lipinski definition) is 4. The second-order valence-corrected chi connectivity index (χ2v) is 6.46. The Bertz CT molecular complexity index is 521. The predicted molar refractivity (Wildman–Crippen MR) is 84.3 cm³/mol. The van der Waals surface area contributed by atoms with Gasteiger partial charge in [-0.25, -0.2) is 13.6 Å².